The standard InChI is InChI=1S/C13H15NO5/c1-2-3-8-19-13(16)9-12(15)10-4-6-11(7-5-10)14(17)18/h4-7H,2-3,8-9H2,1H3. The van der Waals surface area contributed by atoms with Gasteiger partial charge in [-0.15, -0.1) is 0 Å². The molecule has 6 nitrogen and oxygen atoms in total. The minimum Gasteiger partial charge on any atom is -0.465 e. The molecule has 0 aromatic heterocycles. The van der Waals surface area contributed by atoms with Gasteiger partial charge in [-0.05, 0) is 18.6 Å². The molecule has 0 amide bonds. The highest BCUT2D eigenvalue weighted by molar-refractivity contribution is 6.06. The Kier molecular flexibility index (Phi) is 5.66. The second-order valence-electron chi connectivity index (χ2n) is 3.98. The van der Waals surface area contributed by atoms with Gasteiger partial charge in [0.25, 0.3) is 5.69 Å². The van der Waals surface area contributed by atoms with Crippen LogP contribution in [0.1, 0.15) is 36.5 Å². The maximum absolute atomic E-state index is 11.7. The molecule has 0 spiro atoms. The molecule has 6 heteroatoms. The molecule has 0 radical (unpaired) electrons. The van der Waals surface area contributed by atoms with Gasteiger partial charge >= 0.3 is 5.97 Å². The Morgan fingerprint density at radius 2 is 1.89 bits per heavy atom. The van der Waals surface area contributed by atoms with Crippen LogP contribution in [0.25, 0.3) is 0 Å². The maximum atomic E-state index is 11.7. The highest BCUT2D eigenvalue weighted by Crippen LogP contribution is 2.13. The van der Waals surface area contributed by atoms with Crippen molar-refractivity contribution >= 4 is 17.4 Å². The minimum atomic E-state index is -0.572. The number of non-ortho nitro benzene ring substituents is 1. The van der Waals surface area contributed by atoms with Gasteiger partial charge in [0.05, 0.1) is 11.5 Å². The number of benzene rings is 1. The SMILES string of the molecule is CCCCOC(=O)CC(=O)c1ccc([N+](=O)[O-])cc1. The molecule has 1 aromatic carbocycles. The molecule has 0 bridgehead atoms. The van der Waals surface area contributed by atoms with Crippen molar-refractivity contribution in [2.75, 3.05) is 6.61 Å². The van der Waals surface area contributed by atoms with Gasteiger partial charge in [0, 0.05) is 17.7 Å². The molecule has 0 fully saturated rings. The third kappa shape index (κ3) is 4.87. The Hall–Kier alpha value is -2.24. The number of carbonyl (C=O) groups is 2. The molecule has 0 aliphatic carbocycles. The number of nitrogens with zero attached hydrogens (tertiary/aromatic N) is 1. The number of esters is 1. The van der Waals surface area contributed by atoms with E-state index in [-0.39, 0.29) is 17.7 Å². The highest BCUT2D eigenvalue weighted by Gasteiger charge is 2.14. The average molecular weight is 265 g/mol. The quantitative estimate of drug-likeness (QED) is 0.189. The second-order valence-corrected chi connectivity index (χ2v) is 3.98. The Morgan fingerprint density at radius 1 is 1.26 bits per heavy atom. The lowest BCUT2D eigenvalue weighted by atomic mass is 10.1. The van der Waals surface area contributed by atoms with Gasteiger partial charge in [0.2, 0.25) is 0 Å². The summed E-state index contributed by atoms with van der Waals surface area (Å²) in [5.74, 6) is -0.979. The molecule has 102 valence electrons. The van der Waals surface area contributed by atoms with Crippen molar-refractivity contribution in [1.82, 2.24) is 0 Å². The predicted molar refractivity (Wildman–Crippen MR) is 67.9 cm³/mol. The smallest absolute Gasteiger partial charge is 0.313 e. The van der Waals surface area contributed by atoms with E-state index >= 15 is 0 Å². The van der Waals surface area contributed by atoms with Gasteiger partial charge in [0.15, 0.2) is 5.78 Å². The lowest BCUT2D eigenvalue weighted by molar-refractivity contribution is -0.384. The summed E-state index contributed by atoms with van der Waals surface area (Å²) in [6.07, 6.45) is 1.32. The van der Waals surface area contributed by atoms with Crippen LogP contribution >= 0.6 is 0 Å². The number of hydrogen-bond donors (Lipinski definition) is 0. The van der Waals surface area contributed by atoms with Crippen LogP contribution in [0.15, 0.2) is 24.3 Å². The number of nitro groups is 1. The van der Waals surface area contributed by atoms with Crippen molar-refractivity contribution in [2.24, 2.45) is 0 Å². The van der Waals surface area contributed by atoms with Gasteiger partial charge in [0.1, 0.15) is 6.42 Å². The molecule has 0 aliphatic rings. The van der Waals surface area contributed by atoms with Gasteiger partial charge in [-0.1, -0.05) is 13.3 Å². The summed E-state index contributed by atoms with van der Waals surface area (Å²) in [7, 11) is 0. The van der Waals surface area contributed by atoms with Crippen molar-refractivity contribution < 1.29 is 19.2 Å². The van der Waals surface area contributed by atoms with E-state index in [2.05, 4.69) is 0 Å². The Labute approximate surface area is 110 Å². The number of carbonyl (C=O) groups excluding carboxylic acids is 2. The zero-order chi connectivity index (χ0) is 14.3. The van der Waals surface area contributed by atoms with Gasteiger partial charge in [-0.2, -0.15) is 0 Å². The number of ether oxygens (including phenoxy) is 1. The van der Waals surface area contributed by atoms with Crippen LogP contribution in [0.5, 0.6) is 0 Å². The minimum absolute atomic E-state index is 0.0953. The van der Waals surface area contributed by atoms with E-state index in [4.69, 9.17) is 4.74 Å². The number of hydrogen-bond acceptors (Lipinski definition) is 5. The van der Waals surface area contributed by atoms with Crippen LogP contribution in [0.4, 0.5) is 5.69 Å². The topological polar surface area (TPSA) is 86.5 Å². The van der Waals surface area contributed by atoms with E-state index in [0.717, 1.165) is 12.8 Å². The van der Waals surface area contributed by atoms with Crippen LogP contribution in [0.2, 0.25) is 0 Å². The molecule has 0 saturated heterocycles. The first-order chi connectivity index (χ1) is 9.04. The predicted octanol–water partition coefficient (Wildman–Crippen LogP) is 2.51. The third-order valence-corrected chi connectivity index (χ3v) is 2.47. The van der Waals surface area contributed by atoms with Crippen molar-refractivity contribution in [3.05, 3.63) is 39.9 Å². The summed E-state index contributed by atoms with van der Waals surface area (Å²) in [6, 6.07) is 5.13. The number of ketones is 1. The number of unbranched alkanes of at least 4 members (excludes halogenated alkanes) is 1. The van der Waals surface area contributed by atoms with Gasteiger partial charge < -0.3 is 4.74 Å². The van der Waals surface area contributed by atoms with Gasteiger partial charge in [-0.25, -0.2) is 0 Å². The lowest BCUT2D eigenvalue weighted by Gasteiger charge is -2.03. The van der Waals surface area contributed by atoms with Crippen molar-refractivity contribution in [3.63, 3.8) is 0 Å². The fourth-order valence-electron chi connectivity index (χ4n) is 1.38. The molecular weight excluding hydrogens is 250 g/mol. The number of Topliss-reactive ketones (excluding diaryl/α,β-unsaturated/α-hetero) is 1. The van der Waals surface area contributed by atoms with E-state index in [1.807, 2.05) is 6.92 Å². The molecule has 0 aliphatic heterocycles. The molecular formula is C13H15NO5. The first-order valence-electron chi connectivity index (χ1n) is 5.98. The summed E-state index contributed by atoms with van der Waals surface area (Å²) in [6.45, 7) is 2.28. The Balaban J connectivity index is 2.53. The fourth-order valence-corrected chi connectivity index (χ4v) is 1.38. The molecule has 0 unspecified atom stereocenters. The lowest BCUT2D eigenvalue weighted by Crippen LogP contribution is -2.12. The molecule has 0 N–H and O–H groups in total. The first-order valence-corrected chi connectivity index (χ1v) is 5.98. The van der Waals surface area contributed by atoms with Crippen LogP contribution in [-0.2, 0) is 9.53 Å². The second kappa shape index (κ2) is 7.25. The monoisotopic (exact) mass is 265 g/mol. The molecule has 1 aromatic rings. The van der Waals surface area contributed by atoms with Gasteiger partial charge in [-0.3, -0.25) is 19.7 Å². The molecule has 0 atom stereocenters. The van der Waals surface area contributed by atoms with E-state index in [1.165, 1.54) is 24.3 Å². The van der Waals surface area contributed by atoms with Crippen LogP contribution in [0.3, 0.4) is 0 Å². The van der Waals surface area contributed by atoms with Crippen LogP contribution < -0.4 is 0 Å². The van der Waals surface area contributed by atoms with Crippen molar-refractivity contribution in [1.29, 1.82) is 0 Å². The van der Waals surface area contributed by atoms with E-state index in [1.54, 1.807) is 0 Å². The van der Waals surface area contributed by atoms with E-state index < -0.39 is 16.7 Å². The summed E-state index contributed by atoms with van der Waals surface area (Å²) in [5, 5.41) is 10.5. The van der Waals surface area contributed by atoms with E-state index in [0.29, 0.717) is 6.61 Å². The van der Waals surface area contributed by atoms with Crippen molar-refractivity contribution in [3.8, 4) is 0 Å². The van der Waals surface area contributed by atoms with E-state index in [9.17, 15) is 19.7 Å². The number of nitro benzene ring substituents is 1. The van der Waals surface area contributed by atoms with Crippen molar-refractivity contribution in [2.45, 2.75) is 26.2 Å². The first kappa shape index (κ1) is 14.8. The molecule has 0 saturated carbocycles. The maximum Gasteiger partial charge on any atom is 0.313 e. The fraction of sp³-hybridized carbons (Fsp3) is 0.385. The van der Waals surface area contributed by atoms with Crippen LogP contribution in [-0.4, -0.2) is 23.3 Å². The third-order valence-electron chi connectivity index (χ3n) is 2.47. The highest BCUT2D eigenvalue weighted by atomic mass is 16.6. The Morgan fingerprint density at radius 3 is 2.42 bits per heavy atom. The zero-order valence-corrected chi connectivity index (χ0v) is 10.6. The normalized spacial score (nSPS) is 9.95. The van der Waals surface area contributed by atoms with Crippen LogP contribution in [0, 0.1) is 10.1 Å². The molecule has 19 heavy (non-hydrogen) atoms. The summed E-state index contributed by atoms with van der Waals surface area (Å²) < 4.78 is 4.87. The summed E-state index contributed by atoms with van der Waals surface area (Å²) >= 11 is 0. The Bertz CT molecular complexity index is 466. The summed E-state index contributed by atoms with van der Waals surface area (Å²) in [5.41, 5.74) is 0.167. The number of rotatable bonds is 7. The zero-order valence-electron chi connectivity index (χ0n) is 10.6. The molecule has 1 rings (SSSR count). The largest absolute Gasteiger partial charge is 0.465 e. The summed E-state index contributed by atoms with van der Waals surface area (Å²) in [4.78, 5) is 32.9. The average Bonchev–Trinajstić information content (AvgIpc) is 2.39. The molecule has 0 heterocycles.